The first-order valence-electron chi connectivity index (χ1n) is 15.6. The first-order valence-corrected chi connectivity index (χ1v) is 15.6. The van der Waals surface area contributed by atoms with Crippen molar-refractivity contribution in [1.82, 2.24) is 15.1 Å². The Bertz CT molecular complexity index is 1730. The van der Waals surface area contributed by atoms with E-state index < -0.39 is 11.9 Å². The highest BCUT2D eigenvalue weighted by molar-refractivity contribution is 6.05. The van der Waals surface area contributed by atoms with Crippen molar-refractivity contribution >= 4 is 23.4 Å². The Morgan fingerprint density at radius 3 is 2.58 bits per heavy atom. The van der Waals surface area contributed by atoms with Gasteiger partial charge < -0.3 is 14.5 Å². The normalized spacial score (nSPS) is 21.6. The van der Waals surface area contributed by atoms with Crippen molar-refractivity contribution in [1.29, 1.82) is 5.26 Å². The summed E-state index contributed by atoms with van der Waals surface area (Å²) in [4.78, 5) is 43.3. The Labute approximate surface area is 261 Å². The van der Waals surface area contributed by atoms with E-state index in [1.165, 1.54) is 17.2 Å². The first-order chi connectivity index (χ1) is 21.9. The van der Waals surface area contributed by atoms with Crippen molar-refractivity contribution in [2.45, 2.75) is 57.3 Å². The van der Waals surface area contributed by atoms with Gasteiger partial charge in [-0.05, 0) is 72.7 Å². The molecule has 4 aliphatic rings. The van der Waals surface area contributed by atoms with Crippen molar-refractivity contribution in [3.63, 3.8) is 0 Å². The number of rotatable bonds is 6. The number of imide groups is 1. The van der Waals surface area contributed by atoms with Crippen LogP contribution in [-0.4, -0.2) is 59.7 Å². The van der Waals surface area contributed by atoms with Gasteiger partial charge in [0.15, 0.2) is 0 Å². The maximum atomic E-state index is 14.6. The van der Waals surface area contributed by atoms with E-state index in [9.17, 15) is 18.8 Å². The second-order valence-electron chi connectivity index (χ2n) is 12.2. The molecule has 1 aliphatic carbocycles. The molecule has 2 saturated heterocycles. The van der Waals surface area contributed by atoms with Crippen molar-refractivity contribution in [3.8, 4) is 11.8 Å². The second kappa shape index (κ2) is 12.0. The summed E-state index contributed by atoms with van der Waals surface area (Å²) in [6, 6.07) is 18.3. The SMILES string of the molecule is N#Cc1ccc(N2CCN(C3CCCc4cc(COc5cccc6c5CN([C@H]5CCC(=O)NC5=O)C6=O)ccc43)CC2)c(F)c1. The zero-order chi connectivity index (χ0) is 31.1. The van der Waals surface area contributed by atoms with E-state index in [-0.39, 0.29) is 30.6 Å². The van der Waals surface area contributed by atoms with Crippen LogP contribution in [0, 0.1) is 17.1 Å². The molecule has 3 aromatic rings. The molecule has 0 spiro atoms. The molecule has 0 radical (unpaired) electrons. The van der Waals surface area contributed by atoms with E-state index in [4.69, 9.17) is 10.00 Å². The average Bonchev–Trinajstić information content (AvgIpc) is 3.39. The van der Waals surface area contributed by atoms with Gasteiger partial charge in [0.25, 0.3) is 5.91 Å². The Hall–Kier alpha value is -4.75. The van der Waals surface area contributed by atoms with Crippen LogP contribution < -0.4 is 15.0 Å². The number of hydrogen-bond donors (Lipinski definition) is 1. The largest absolute Gasteiger partial charge is 0.489 e. The highest BCUT2D eigenvalue weighted by Crippen LogP contribution is 2.37. The lowest BCUT2D eigenvalue weighted by Crippen LogP contribution is -2.52. The third-order valence-corrected chi connectivity index (χ3v) is 9.60. The summed E-state index contributed by atoms with van der Waals surface area (Å²) in [5, 5.41) is 11.4. The maximum Gasteiger partial charge on any atom is 0.255 e. The highest BCUT2D eigenvalue weighted by atomic mass is 19.1. The lowest BCUT2D eigenvalue weighted by molar-refractivity contribution is -0.136. The molecule has 0 aromatic heterocycles. The third-order valence-electron chi connectivity index (χ3n) is 9.60. The number of nitrogens with zero attached hydrogens (tertiary/aromatic N) is 4. The molecule has 45 heavy (non-hydrogen) atoms. The van der Waals surface area contributed by atoms with Crippen LogP contribution in [0.5, 0.6) is 5.75 Å². The Morgan fingerprint density at radius 2 is 1.80 bits per heavy atom. The van der Waals surface area contributed by atoms with Crippen LogP contribution in [0.1, 0.15) is 69.9 Å². The standard InChI is InChI=1S/C35H34FN5O4/c36-28-18-22(19-37)8-10-30(28)40-15-13-39(14-16-40)29-5-1-3-24-17-23(7-9-25(24)29)21-45-32-6-2-4-26-27(32)20-41(35(26)44)31-11-12-33(42)38-34(31)43/h2,4,6-10,17-18,29,31H,1,3,5,11-16,20-21H2,(H,38,42,43)/t29?,31-/m0/s1. The predicted molar refractivity (Wildman–Crippen MR) is 164 cm³/mol. The number of nitrogens with one attached hydrogen (secondary N) is 1. The lowest BCUT2D eigenvalue weighted by Gasteiger charge is -2.42. The second-order valence-corrected chi connectivity index (χ2v) is 12.2. The lowest BCUT2D eigenvalue weighted by atomic mass is 9.85. The summed E-state index contributed by atoms with van der Waals surface area (Å²) >= 11 is 0. The van der Waals surface area contributed by atoms with Gasteiger partial charge in [0.1, 0.15) is 24.2 Å². The number of aryl methyl sites for hydroxylation is 1. The van der Waals surface area contributed by atoms with Gasteiger partial charge in [-0.1, -0.05) is 24.3 Å². The van der Waals surface area contributed by atoms with Gasteiger partial charge in [-0.3, -0.25) is 24.6 Å². The molecule has 1 unspecified atom stereocenters. The number of nitriles is 1. The molecule has 2 fully saturated rings. The number of benzene rings is 3. The number of hydrogen-bond acceptors (Lipinski definition) is 7. The van der Waals surface area contributed by atoms with E-state index in [1.54, 1.807) is 29.2 Å². The van der Waals surface area contributed by atoms with Crippen LogP contribution in [0.4, 0.5) is 10.1 Å². The number of carbonyl (C=O) groups is 3. The molecule has 0 bridgehead atoms. The molecule has 0 saturated carbocycles. The first kappa shape index (κ1) is 29.0. The molecule has 3 aromatic carbocycles. The molecular formula is C35H34FN5O4. The number of amides is 3. The van der Waals surface area contributed by atoms with Crippen LogP contribution >= 0.6 is 0 Å². The third kappa shape index (κ3) is 5.53. The zero-order valence-corrected chi connectivity index (χ0v) is 24.9. The number of carbonyl (C=O) groups excluding carboxylic acids is 3. The summed E-state index contributed by atoms with van der Waals surface area (Å²) in [5.74, 6) is -0.668. The number of fused-ring (bicyclic) bond motifs is 2. The van der Waals surface area contributed by atoms with E-state index in [1.807, 2.05) is 12.1 Å². The maximum absolute atomic E-state index is 14.6. The summed E-state index contributed by atoms with van der Waals surface area (Å²) < 4.78 is 20.9. The van der Waals surface area contributed by atoms with Crippen LogP contribution in [0.25, 0.3) is 0 Å². The number of piperazine rings is 1. The van der Waals surface area contributed by atoms with Crippen LogP contribution in [0.3, 0.4) is 0 Å². The molecule has 7 rings (SSSR count). The number of piperidine rings is 1. The minimum atomic E-state index is -0.663. The molecule has 3 heterocycles. The number of halogens is 1. The fourth-order valence-corrected chi connectivity index (χ4v) is 7.27. The van der Waals surface area contributed by atoms with E-state index in [0.717, 1.165) is 56.6 Å². The Balaban J connectivity index is 1.00. The van der Waals surface area contributed by atoms with E-state index >= 15 is 0 Å². The fraction of sp³-hybridized carbons (Fsp3) is 0.371. The molecule has 3 aliphatic heterocycles. The summed E-state index contributed by atoms with van der Waals surface area (Å²) in [7, 11) is 0. The monoisotopic (exact) mass is 607 g/mol. The Kier molecular flexibility index (Phi) is 7.71. The van der Waals surface area contributed by atoms with Gasteiger partial charge in [0, 0.05) is 49.8 Å². The molecular weight excluding hydrogens is 573 g/mol. The molecule has 1 N–H and O–H groups in total. The van der Waals surface area contributed by atoms with Crippen molar-refractivity contribution in [2.24, 2.45) is 0 Å². The molecule has 3 amide bonds. The fourth-order valence-electron chi connectivity index (χ4n) is 7.27. The van der Waals surface area contributed by atoms with Crippen molar-refractivity contribution in [2.75, 3.05) is 31.1 Å². The van der Waals surface area contributed by atoms with E-state index in [0.29, 0.717) is 41.6 Å². The summed E-state index contributed by atoms with van der Waals surface area (Å²) in [6.07, 6.45) is 3.72. The van der Waals surface area contributed by atoms with Gasteiger partial charge in [-0.15, -0.1) is 0 Å². The molecule has 2 atom stereocenters. The summed E-state index contributed by atoms with van der Waals surface area (Å²) in [6.45, 7) is 3.75. The van der Waals surface area contributed by atoms with Crippen LogP contribution in [-0.2, 0) is 29.2 Å². The van der Waals surface area contributed by atoms with Gasteiger partial charge in [0.2, 0.25) is 11.8 Å². The predicted octanol–water partition coefficient (Wildman–Crippen LogP) is 4.24. The quantitative estimate of drug-likeness (QED) is 0.418. The van der Waals surface area contributed by atoms with Crippen molar-refractivity contribution < 1.29 is 23.5 Å². The smallest absolute Gasteiger partial charge is 0.255 e. The average molecular weight is 608 g/mol. The molecule has 9 nitrogen and oxygen atoms in total. The van der Waals surface area contributed by atoms with E-state index in [2.05, 4.69) is 33.3 Å². The van der Waals surface area contributed by atoms with Gasteiger partial charge in [-0.2, -0.15) is 5.26 Å². The van der Waals surface area contributed by atoms with Gasteiger partial charge in [0.05, 0.1) is 23.9 Å². The zero-order valence-electron chi connectivity index (χ0n) is 24.9. The summed E-state index contributed by atoms with van der Waals surface area (Å²) in [5.41, 5.74) is 5.91. The van der Waals surface area contributed by atoms with Gasteiger partial charge >= 0.3 is 0 Å². The van der Waals surface area contributed by atoms with Crippen LogP contribution in [0.15, 0.2) is 54.6 Å². The van der Waals surface area contributed by atoms with Gasteiger partial charge in [-0.25, -0.2) is 4.39 Å². The topological polar surface area (TPSA) is 106 Å². The minimum absolute atomic E-state index is 0.215. The van der Waals surface area contributed by atoms with Crippen LogP contribution in [0.2, 0.25) is 0 Å². The number of ether oxygens (including phenoxy) is 1. The molecule has 230 valence electrons. The number of anilines is 1. The minimum Gasteiger partial charge on any atom is -0.489 e. The molecule has 10 heteroatoms. The van der Waals surface area contributed by atoms with Crippen molar-refractivity contribution in [3.05, 3.63) is 93.8 Å². The Morgan fingerprint density at radius 1 is 0.956 bits per heavy atom. The highest BCUT2D eigenvalue weighted by Gasteiger charge is 2.40.